The van der Waals surface area contributed by atoms with Crippen LogP contribution in [0.5, 0.6) is 11.5 Å². The van der Waals surface area contributed by atoms with E-state index in [1.807, 2.05) is 70.3 Å². The lowest BCUT2D eigenvalue weighted by Gasteiger charge is -2.34. The number of piperazine rings is 1. The number of amides is 1. The van der Waals surface area contributed by atoms with E-state index in [9.17, 15) is 4.79 Å². The Morgan fingerprint density at radius 3 is 2.47 bits per heavy atom. The minimum Gasteiger partial charge on any atom is -0.457 e. The predicted octanol–water partition coefficient (Wildman–Crippen LogP) is 3.16. The highest BCUT2D eigenvalue weighted by atomic mass is 16.5. The van der Waals surface area contributed by atoms with Crippen molar-refractivity contribution in [2.75, 3.05) is 64.6 Å². The molecule has 0 saturated carbocycles. The summed E-state index contributed by atoms with van der Waals surface area (Å²) in [5, 5.41) is 5.73. The molecule has 1 unspecified atom stereocenters. The predicted molar refractivity (Wildman–Crippen MR) is 168 cm³/mol. The number of carbonyl (C=O) groups is 1. The number of piperidine rings is 1. The molecule has 2 fully saturated rings. The van der Waals surface area contributed by atoms with E-state index in [0.29, 0.717) is 35.6 Å². The molecule has 4 aromatic rings. The highest BCUT2D eigenvalue weighted by Crippen LogP contribution is 2.35. The molecule has 11 nitrogen and oxygen atoms in total. The summed E-state index contributed by atoms with van der Waals surface area (Å²) in [6.45, 7) is 7.73. The van der Waals surface area contributed by atoms with Crippen LogP contribution in [-0.2, 0) is 4.79 Å². The second-order valence-corrected chi connectivity index (χ2v) is 11.1. The summed E-state index contributed by atoms with van der Waals surface area (Å²) in [6.07, 6.45) is 6.97. The number of rotatable bonds is 9. The number of nitrogen functional groups attached to an aromatic ring is 1. The lowest BCUT2D eigenvalue weighted by atomic mass is 10.1. The van der Waals surface area contributed by atoms with Gasteiger partial charge in [0.25, 0.3) is 0 Å². The summed E-state index contributed by atoms with van der Waals surface area (Å²) in [5.41, 5.74) is 14.3. The molecule has 4 N–H and O–H groups in total. The third-order valence-corrected chi connectivity index (χ3v) is 8.21. The molecular formula is C32H39N9O2. The van der Waals surface area contributed by atoms with Crippen LogP contribution in [0.15, 0.2) is 73.1 Å². The Hall–Kier alpha value is -4.32. The number of aromatic nitrogens is 4. The first-order chi connectivity index (χ1) is 21.1. The molecule has 0 radical (unpaired) electrons. The molecule has 1 atom stereocenters. The summed E-state index contributed by atoms with van der Waals surface area (Å²) >= 11 is 0. The number of hydrogen-bond acceptors (Lipinski definition) is 9. The van der Waals surface area contributed by atoms with Gasteiger partial charge in [0.15, 0.2) is 5.65 Å². The summed E-state index contributed by atoms with van der Waals surface area (Å²) < 4.78 is 7.90. The molecule has 2 aliphatic rings. The van der Waals surface area contributed by atoms with Crippen molar-refractivity contribution >= 4 is 22.8 Å². The molecule has 2 aromatic carbocycles. The first-order valence-electron chi connectivity index (χ1n) is 15.0. The van der Waals surface area contributed by atoms with Crippen molar-refractivity contribution in [3.8, 4) is 22.8 Å². The lowest BCUT2D eigenvalue weighted by molar-refractivity contribution is -0.127. The summed E-state index contributed by atoms with van der Waals surface area (Å²) in [5.74, 6) is 1.92. The summed E-state index contributed by atoms with van der Waals surface area (Å²) in [4.78, 5) is 28.7. The quantitative estimate of drug-likeness (QED) is 0.286. The van der Waals surface area contributed by atoms with Crippen LogP contribution in [0.25, 0.3) is 22.3 Å². The van der Waals surface area contributed by atoms with Crippen molar-refractivity contribution in [2.24, 2.45) is 5.73 Å². The molecule has 224 valence electrons. The number of likely N-dealkylation sites (tertiary alicyclic amines) is 1. The van der Waals surface area contributed by atoms with Crippen LogP contribution >= 0.6 is 0 Å². The molecule has 0 bridgehead atoms. The fourth-order valence-electron chi connectivity index (χ4n) is 5.90. The number of nitrogens with zero attached hydrogens (tertiary/aromatic N) is 7. The van der Waals surface area contributed by atoms with Gasteiger partial charge in [0.05, 0.1) is 11.4 Å². The van der Waals surface area contributed by atoms with E-state index in [-0.39, 0.29) is 11.9 Å². The highest BCUT2D eigenvalue weighted by molar-refractivity contribution is 5.98. The van der Waals surface area contributed by atoms with E-state index in [1.165, 1.54) is 6.33 Å². The average molecular weight is 582 g/mol. The van der Waals surface area contributed by atoms with Gasteiger partial charge in [-0.3, -0.25) is 14.6 Å². The molecule has 0 spiro atoms. The van der Waals surface area contributed by atoms with Gasteiger partial charge >= 0.3 is 0 Å². The molecule has 1 amide bonds. The second kappa shape index (κ2) is 13.3. The van der Waals surface area contributed by atoms with Crippen molar-refractivity contribution in [3.63, 3.8) is 0 Å². The number of hydrogen-bond donors (Lipinski definition) is 2. The number of benzene rings is 2. The maximum Gasteiger partial charge on any atom is 0.246 e. The van der Waals surface area contributed by atoms with Gasteiger partial charge in [-0.1, -0.05) is 24.3 Å². The molecule has 11 heteroatoms. The van der Waals surface area contributed by atoms with E-state index in [0.717, 1.165) is 75.7 Å². The summed E-state index contributed by atoms with van der Waals surface area (Å²) in [7, 11) is 0. The van der Waals surface area contributed by atoms with E-state index < -0.39 is 0 Å². The van der Waals surface area contributed by atoms with Crippen LogP contribution in [0.3, 0.4) is 0 Å². The van der Waals surface area contributed by atoms with Crippen LogP contribution in [0.2, 0.25) is 0 Å². The number of nitrogens with two attached hydrogens (primary N) is 2. The fourth-order valence-corrected chi connectivity index (χ4v) is 5.90. The first kappa shape index (κ1) is 28.8. The Kier molecular flexibility index (Phi) is 8.92. The minimum absolute atomic E-state index is 0.0204. The zero-order chi connectivity index (χ0) is 29.6. The van der Waals surface area contributed by atoms with Crippen molar-refractivity contribution in [1.82, 2.24) is 34.4 Å². The monoisotopic (exact) mass is 581 g/mol. The van der Waals surface area contributed by atoms with Gasteiger partial charge in [-0.05, 0) is 49.2 Å². The zero-order valence-corrected chi connectivity index (χ0v) is 24.4. The van der Waals surface area contributed by atoms with Gasteiger partial charge in [0.2, 0.25) is 5.91 Å². The molecule has 43 heavy (non-hydrogen) atoms. The van der Waals surface area contributed by atoms with Crippen molar-refractivity contribution in [3.05, 3.63) is 73.1 Å². The van der Waals surface area contributed by atoms with E-state index in [1.54, 1.807) is 6.08 Å². The largest absolute Gasteiger partial charge is 0.457 e. The first-order valence-corrected chi connectivity index (χ1v) is 15.0. The Balaban J connectivity index is 1.15. The SMILES string of the molecule is NCCN1CCN(CC=CC(=O)N2CCCC(n3nc(-c4ccc(Oc5ccccc5)cc4)c4c(N)ncnc43)C2)CC1. The molecule has 2 aliphatic heterocycles. The third-order valence-electron chi connectivity index (χ3n) is 8.21. The van der Waals surface area contributed by atoms with Crippen molar-refractivity contribution in [1.29, 1.82) is 0 Å². The van der Waals surface area contributed by atoms with Crippen LogP contribution in [0.4, 0.5) is 5.82 Å². The number of para-hydroxylation sites is 1. The smallest absolute Gasteiger partial charge is 0.246 e. The Morgan fingerprint density at radius 2 is 1.70 bits per heavy atom. The molecule has 2 saturated heterocycles. The van der Waals surface area contributed by atoms with Crippen LogP contribution in [-0.4, -0.2) is 99.3 Å². The van der Waals surface area contributed by atoms with Gasteiger partial charge in [-0.2, -0.15) is 5.10 Å². The average Bonchev–Trinajstić information content (AvgIpc) is 3.44. The molecular weight excluding hydrogens is 542 g/mol. The zero-order valence-electron chi connectivity index (χ0n) is 24.4. The van der Waals surface area contributed by atoms with Gasteiger partial charge in [0.1, 0.15) is 29.3 Å². The Bertz CT molecular complexity index is 1550. The van der Waals surface area contributed by atoms with Crippen molar-refractivity contribution < 1.29 is 9.53 Å². The second-order valence-electron chi connectivity index (χ2n) is 11.1. The molecule has 4 heterocycles. The number of ether oxygens (including phenoxy) is 1. The standard InChI is InChI=1S/C32H39N9O2/c33-14-17-39-20-18-38(19-21-39)15-5-9-28(42)40-16-4-6-25(22-40)41-32-29(31(34)35-23-36-32)30(37-41)24-10-12-27(13-11-24)43-26-7-2-1-3-8-26/h1-3,5,7-13,23,25H,4,6,14-22,33H2,(H2,34,35,36). The van der Waals surface area contributed by atoms with E-state index in [4.69, 9.17) is 21.3 Å². The van der Waals surface area contributed by atoms with Gasteiger partial charge in [-0.25, -0.2) is 14.6 Å². The third kappa shape index (κ3) is 6.69. The van der Waals surface area contributed by atoms with Gasteiger partial charge in [0, 0.05) is 70.5 Å². The normalized spacial score (nSPS) is 18.4. The van der Waals surface area contributed by atoms with Crippen molar-refractivity contribution in [2.45, 2.75) is 18.9 Å². The molecule has 6 rings (SSSR count). The summed E-state index contributed by atoms with van der Waals surface area (Å²) in [6, 6.07) is 17.4. The Morgan fingerprint density at radius 1 is 0.953 bits per heavy atom. The maximum absolute atomic E-state index is 13.2. The lowest BCUT2D eigenvalue weighted by Crippen LogP contribution is -2.47. The fraction of sp³-hybridized carbons (Fsp3) is 0.375. The van der Waals surface area contributed by atoms with Crippen LogP contribution < -0.4 is 16.2 Å². The molecule has 2 aromatic heterocycles. The van der Waals surface area contributed by atoms with E-state index in [2.05, 4.69) is 19.8 Å². The minimum atomic E-state index is -0.0204. The van der Waals surface area contributed by atoms with Gasteiger partial charge in [-0.15, -0.1) is 0 Å². The number of carbonyl (C=O) groups excluding carboxylic acids is 1. The maximum atomic E-state index is 13.2. The van der Waals surface area contributed by atoms with Crippen LogP contribution in [0.1, 0.15) is 18.9 Å². The van der Waals surface area contributed by atoms with Crippen LogP contribution in [0, 0.1) is 0 Å². The number of anilines is 1. The van der Waals surface area contributed by atoms with E-state index >= 15 is 0 Å². The number of fused-ring (bicyclic) bond motifs is 1. The molecule has 0 aliphatic carbocycles. The topological polar surface area (TPSA) is 132 Å². The van der Waals surface area contributed by atoms with Gasteiger partial charge < -0.3 is 21.1 Å². The Labute approximate surface area is 251 Å². The highest BCUT2D eigenvalue weighted by Gasteiger charge is 2.28.